The molecule has 356 valence electrons. The number of nitro groups is 1. The Morgan fingerprint density at radius 3 is 1.64 bits per heavy atom. The number of thiol groups is 1. The minimum atomic E-state index is -1.52. The topological polar surface area (TPSA) is 379 Å². The molecule has 6 atom stereocenters. The van der Waals surface area contributed by atoms with Crippen molar-refractivity contribution in [3.63, 3.8) is 0 Å². The van der Waals surface area contributed by atoms with Gasteiger partial charge in [-0.2, -0.15) is 12.6 Å². The van der Waals surface area contributed by atoms with Gasteiger partial charge in [-0.05, 0) is 60.7 Å². The van der Waals surface area contributed by atoms with Gasteiger partial charge in [0.15, 0.2) is 5.75 Å². The third-order valence-corrected chi connectivity index (χ3v) is 11.3. The van der Waals surface area contributed by atoms with E-state index in [4.69, 9.17) is 22.9 Å². The fraction of sp³-hybridized carbons (Fsp3) is 0.341. The van der Waals surface area contributed by atoms with Crippen LogP contribution in [-0.2, 0) is 52.8 Å². The summed E-state index contributed by atoms with van der Waals surface area (Å²) < 4.78 is 0. The van der Waals surface area contributed by atoms with Gasteiger partial charge in [-0.15, -0.1) is 0 Å². The number of benzene rings is 3. The quantitative estimate of drug-likeness (QED) is 0.0152. The number of primary amides is 2. The maximum absolute atomic E-state index is 14.6. The number of hydrogen-bond donors (Lipinski definition) is 13. The zero-order valence-electron chi connectivity index (χ0n) is 36.2. The molecule has 2 aromatic heterocycles. The maximum atomic E-state index is 14.6. The van der Waals surface area contributed by atoms with Gasteiger partial charge in [-0.3, -0.25) is 43.7 Å². The van der Waals surface area contributed by atoms with Crippen LogP contribution < -0.4 is 49.5 Å². The Morgan fingerprint density at radius 2 is 1.15 bits per heavy atom. The number of nitrogens with zero attached hydrogens (tertiary/aromatic N) is 1. The zero-order valence-corrected chi connectivity index (χ0v) is 37.1. The molecular weight excluding hydrogens is 889 g/mol. The van der Waals surface area contributed by atoms with E-state index in [1.54, 1.807) is 24.5 Å². The highest BCUT2D eigenvalue weighted by atomic mass is 32.1. The summed E-state index contributed by atoms with van der Waals surface area (Å²) in [6, 6.07) is 9.50. The number of unbranched alkanes of at least 4 members (excludes halogenated alkanes) is 1. The number of phenolic OH excluding ortho intramolecular Hbond substituents is 1. The monoisotopic (exact) mass is 942 g/mol. The van der Waals surface area contributed by atoms with Crippen LogP contribution in [0.3, 0.4) is 0 Å². The Morgan fingerprint density at radius 1 is 0.672 bits per heavy atom. The first kappa shape index (κ1) is 50.5. The molecule has 0 saturated carbocycles. The predicted molar refractivity (Wildman–Crippen MR) is 250 cm³/mol. The average Bonchev–Trinajstić information content (AvgIpc) is 3.90. The van der Waals surface area contributed by atoms with Gasteiger partial charge in [0, 0.05) is 65.3 Å². The van der Waals surface area contributed by atoms with Gasteiger partial charge < -0.3 is 64.6 Å². The van der Waals surface area contributed by atoms with Crippen molar-refractivity contribution in [3.05, 3.63) is 106 Å². The van der Waals surface area contributed by atoms with E-state index in [1.807, 2.05) is 36.4 Å². The third kappa shape index (κ3) is 13.8. The molecule has 23 heteroatoms. The van der Waals surface area contributed by atoms with Crippen LogP contribution in [0.15, 0.2) is 79.1 Å². The van der Waals surface area contributed by atoms with E-state index < -0.39 is 100 Å². The van der Waals surface area contributed by atoms with Crippen molar-refractivity contribution < 1.29 is 43.6 Å². The Kier molecular flexibility index (Phi) is 17.8. The van der Waals surface area contributed by atoms with Gasteiger partial charge in [0.2, 0.25) is 41.4 Å². The number of para-hydroxylation sites is 2. The van der Waals surface area contributed by atoms with Gasteiger partial charge in [-0.1, -0.05) is 42.5 Å². The Balaban J connectivity index is 1.48. The molecule has 0 fully saturated rings. The van der Waals surface area contributed by atoms with E-state index >= 15 is 0 Å². The number of phenols is 1. The minimum absolute atomic E-state index is 0.0148. The maximum Gasteiger partial charge on any atom is 0.310 e. The SMILES string of the molecule is NCCCC[C@H](NC(=O)[C@H](Cc1c[nH]c2ccccc12)NC(=O)[C@H](Cc1c[nH]c2ccccc12)NC(=O)[C@@H](N)CC(N)=O)C(=O)N[C@@H](Cc1ccc(O)c([N+](=O)[O-])c1)C(=O)N[C@@H](CS)C(N)=O. The fourth-order valence-electron chi connectivity index (χ4n) is 7.39. The predicted octanol–water partition coefficient (Wildman–Crippen LogP) is -0.538. The highest BCUT2D eigenvalue weighted by Crippen LogP contribution is 2.27. The van der Waals surface area contributed by atoms with Gasteiger partial charge in [0.25, 0.3) is 0 Å². The second-order valence-electron chi connectivity index (χ2n) is 15.9. The summed E-state index contributed by atoms with van der Waals surface area (Å²) in [5.74, 6) is -6.94. The summed E-state index contributed by atoms with van der Waals surface area (Å²) in [4.78, 5) is 111. The molecule has 0 aliphatic carbocycles. The first-order valence-electron chi connectivity index (χ1n) is 21.2. The highest BCUT2D eigenvalue weighted by Gasteiger charge is 2.34. The molecule has 0 aliphatic heterocycles. The number of carbonyl (C=O) groups is 7. The molecule has 3 aromatic carbocycles. The standard InChI is InChI=1S/C44H54N12O10S/c45-14-6-5-11-31(41(61)53-32(42(62)55-35(22-67)39(48)59)15-23-12-13-37(57)36(16-23)56(65)66)51-43(63)34(18-25-21-50-30-10-4-2-8-27(25)30)54-44(64)33(52-40(60)28(46)19-38(47)58)17-24-20-49-29-9-3-1-7-26(24)29/h1-4,7-10,12-13,16,20-21,28,31-35,49-50,57,67H,5-6,11,14-15,17-19,22,45-46H2,(H2,47,58)(H2,48,59)(H,51,63)(H,52,60)(H,53,61)(H,54,64)(H,55,62)/t28-,31-,32-,33-,34-,35-/m0/s1. The van der Waals surface area contributed by atoms with E-state index in [9.17, 15) is 48.8 Å². The molecule has 0 radical (unpaired) electrons. The van der Waals surface area contributed by atoms with Crippen LogP contribution >= 0.6 is 12.6 Å². The second kappa shape index (κ2) is 23.6. The number of aromatic hydroxyl groups is 1. The number of H-pyrrole nitrogens is 2. The lowest BCUT2D eigenvalue weighted by Gasteiger charge is -2.27. The number of hydrogen-bond acceptors (Lipinski definition) is 13. The molecule has 0 aliphatic rings. The van der Waals surface area contributed by atoms with Crippen molar-refractivity contribution in [3.8, 4) is 5.75 Å². The van der Waals surface area contributed by atoms with Crippen molar-refractivity contribution in [2.24, 2.45) is 22.9 Å². The smallest absolute Gasteiger partial charge is 0.310 e. The number of amides is 7. The van der Waals surface area contributed by atoms with E-state index in [0.717, 1.165) is 33.9 Å². The molecule has 5 aromatic rings. The Hall–Kier alpha value is -7.50. The van der Waals surface area contributed by atoms with Crippen molar-refractivity contribution >= 4 is 81.5 Å². The summed E-state index contributed by atoms with van der Waals surface area (Å²) in [7, 11) is 0. The number of nitrogens with one attached hydrogen (secondary N) is 7. The van der Waals surface area contributed by atoms with Crippen LogP contribution in [0.4, 0.5) is 5.69 Å². The van der Waals surface area contributed by atoms with Crippen molar-refractivity contribution in [1.82, 2.24) is 36.6 Å². The van der Waals surface area contributed by atoms with E-state index in [0.29, 0.717) is 24.0 Å². The number of fused-ring (bicyclic) bond motifs is 2. The summed E-state index contributed by atoms with van der Waals surface area (Å²) in [5.41, 5.74) is 24.7. The molecular formula is C44H54N12O10S. The lowest BCUT2D eigenvalue weighted by atomic mass is 10.00. The largest absolute Gasteiger partial charge is 0.502 e. The van der Waals surface area contributed by atoms with Crippen molar-refractivity contribution in [2.75, 3.05) is 12.3 Å². The highest BCUT2D eigenvalue weighted by molar-refractivity contribution is 7.80. The number of nitro benzene ring substituents is 1. The van der Waals surface area contributed by atoms with Crippen LogP contribution in [-0.4, -0.2) is 110 Å². The van der Waals surface area contributed by atoms with Gasteiger partial charge >= 0.3 is 5.69 Å². The lowest BCUT2D eigenvalue weighted by Crippen LogP contribution is -2.60. The van der Waals surface area contributed by atoms with Gasteiger partial charge in [0.05, 0.1) is 17.4 Å². The van der Waals surface area contributed by atoms with Crippen LogP contribution in [0, 0.1) is 10.1 Å². The Bertz CT molecular complexity index is 2620. The number of rotatable bonds is 25. The normalized spacial score (nSPS) is 13.9. The first-order valence-corrected chi connectivity index (χ1v) is 21.8. The molecule has 0 saturated heterocycles. The van der Waals surface area contributed by atoms with Crippen LogP contribution in [0.2, 0.25) is 0 Å². The minimum Gasteiger partial charge on any atom is -0.502 e. The molecule has 67 heavy (non-hydrogen) atoms. The molecule has 0 spiro atoms. The number of aromatic amines is 2. The molecule has 0 bridgehead atoms. The fourth-order valence-corrected chi connectivity index (χ4v) is 7.66. The average molecular weight is 943 g/mol. The first-order chi connectivity index (χ1) is 32.0. The summed E-state index contributed by atoms with van der Waals surface area (Å²) in [6.45, 7) is 0.233. The summed E-state index contributed by atoms with van der Waals surface area (Å²) >= 11 is 4.07. The van der Waals surface area contributed by atoms with Gasteiger partial charge in [0.1, 0.15) is 30.2 Å². The molecule has 22 nitrogen and oxygen atoms in total. The van der Waals surface area contributed by atoms with E-state index in [1.165, 1.54) is 6.07 Å². The van der Waals surface area contributed by atoms with Crippen LogP contribution in [0.25, 0.3) is 21.8 Å². The summed E-state index contributed by atoms with van der Waals surface area (Å²) in [6.07, 6.45) is 2.94. The second-order valence-corrected chi connectivity index (χ2v) is 16.2. The lowest BCUT2D eigenvalue weighted by molar-refractivity contribution is -0.385. The zero-order chi connectivity index (χ0) is 48.8. The summed E-state index contributed by atoms with van der Waals surface area (Å²) in [5, 5.41) is 36.2. The molecule has 0 unspecified atom stereocenters. The molecule has 7 amide bonds. The van der Waals surface area contributed by atoms with E-state index in [2.05, 4.69) is 49.2 Å². The molecule has 5 rings (SSSR count). The van der Waals surface area contributed by atoms with Crippen molar-refractivity contribution in [1.29, 1.82) is 0 Å². The van der Waals surface area contributed by atoms with E-state index in [-0.39, 0.29) is 43.5 Å². The van der Waals surface area contributed by atoms with Crippen LogP contribution in [0.1, 0.15) is 42.4 Å². The number of nitrogens with two attached hydrogens (primary N) is 4. The number of aromatic nitrogens is 2. The van der Waals surface area contributed by atoms with Crippen LogP contribution in [0.5, 0.6) is 5.75 Å². The Labute approximate surface area is 388 Å². The van der Waals surface area contributed by atoms with Crippen molar-refractivity contribution in [2.45, 2.75) is 81.2 Å². The van der Waals surface area contributed by atoms with Gasteiger partial charge in [-0.25, -0.2) is 0 Å². The third-order valence-electron chi connectivity index (χ3n) is 11.0. The molecule has 2 heterocycles. The molecule has 16 N–H and O–H groups in total. The number of carbonyl (C=O) groups excluding carboxylic acids is 7.